The minimum absolute atomic E-state index is 0.0353. The molecule has 0 N–H and O–H groups in total. The first-order chi connectivity index (χ1) is 11.8. The molecule has 0 unspecified atom stereocenters. The molecule has 1 amide bonds. The number of nitrogens with zero attached hydrogens (tertiary/aromatic N) is 2. The summed E-state index contributed by atoms with van der Waals surface area (Å²) in [4.78, 5) is 19.0. The summed E-state index contributed by atoms with van der Waals surface area (Å²) in [5.41, 5.74) is 0.828. The number of sulfone groups is 1. The number of halogens is 1. The number of carbonyl (C=O) groups is 1. The van der Waals surface area contributed by atoms with Gasteiger partial charge in [-0.1, -0.05) is 23.4 Å². The molecule has 1 aliphatic rings. The van der Waals surface area contributed by atoms with Crippen molar-refractivity contribution in [3.05, 3.63) is 23.2 Å². The van der Waals surface area contributed by atoms with E-state index >= 15 is 0 Å². The summed E-state index contributed by atoms with van der Waals surface area (Å²) in [7, 11) is -3.01. The lowest BCUT2D eigenvalue weighted by molar-refractivity contribution is -0.131. The second kappa shape index (κ2) is 7.42. The summed E-state index contributed by atoms with van der Waals surface area (Å²) in [5, 5.41) is 0.317. The van der Waals surface area contributed by atoms with Gasteiger partial charge in [0.25, 0.3) is 0 Å². The van der Waals surface area contributed by atoms with Crippen LogP contribution in [0.1, 0.15) is 20.3 Å². The normalized spacial score (nSPS) is 20.7. The molecule has 1 aromatic heterocycles. The molecule has 1 aromatic carbocycles. The SMILES string of the molecule is CCN(C(=O)[C@H](C)Sc1nc2cc(Cl)ccc2s1)[C@@H]1CCS(=O)(=O)C1. The summed E-state index contributed by atoms with van der Waals surface area (Å²) in [6, 6.07) is 5.35. The molecule has 0 bridgehead atoms. The Balaban J connectivity index is 1.72. The predicted octanol–water partition coefficient (Wildman–Crippen LogP) is 3.47. The highest BCUT2D eigenvalue weighted by molar-refractivity contribution is 8.02. The lowest BCUT2D eigenvalue weighted by Crippen LogP contribution is -2.44. The maximum atomic E-state index is 12.8. The van der Waals surface area contributed by atoms with E-state index in [0.29, 0.717) is 18.0 Å². The second-order valence-corrected chi connectivity index (χ2v) is 11.3. The van der Waals surface area contributed by atoms with E-state index in [-0.39, 0.29) is 28.7 Å². The number of fused-ring (bicyclic) bond motifs is 1. The van der Waals surface area contributed by atoms with Crippen LogP contribution >= 0.6 is 34.7 Å². The first-order valence-electron chi connectivity index (χ1n) is 8.02. The van der Waals surface area contributed by atoms with Crippen LogP contribution < -0.4 is 0 Å². The zero-order chi connectivity index (χ0) is 18.2. The quantitative estimate of drug-likeness (QED) is 0.695. The van der Waals surface area contributed by atoms with Gasteiger partial charge in [0.05, 0.1) is 27.0 Å². The van der Waals surface area contributed by atoms with E-state index < -0.39 is 9.84 Å². The summed E-state index contributed by atoms with van der Waals surface area (Å²) < 4.78 is 25.3. The third-order valence-electron chi connectivity index (χ3n) is 4.23. The molecule has 1 saturated heterocycles. The van der Waals surface area contributed by atoms with Crippen LogP contribution in [-0.4, -0.2) is 53.6 Å². The maximum Gasteiger partial charge on any atom is 0.236 e. The molecule has 1 fully saturated rings. The molecule has 2 atom stereocenters. The number of carbonyl (C=O) groups excluding carboxylic acids is 1. The predicted molar refractivity (Wildman–Crippen MR) is 104 cm³/mol. The van der Waals surface area contributed by atoms with Crippen molar-refractivity contribution in [2.75, 3.05) is 18.1 Å². The second-order valence-electron chi connectivity index (χ2n) is 6.03. The minimum atomic E-state index is -3.01. The van der Waals surface area contributed by atoms with Crippen molar-refractivity contribution in [3.8, 4) is 0 Å². The van der Waals surface area contributed by atoms with E-state index in [1.807, 2.05) is 32.0 Å². The Kier molecular flexibility index (Phi) is 5.63. The van der Waals surface area contributed by atoms with Crippen molar-refractivity contribution in [3.63, 3.8) is 0 Å². The van der Waals surface area contributed by atoms with Crippen LogP contribution in [0.4, 0.5) is 0 Å². The molecule has 9 heteroatoms. The average Bonchev–Trinajstić information content (AvgIpc) is 3.09. The van der Waals surface area contributed by atoms with Crippen molar-refractivity contribution in [1.82, 2.24) is 9.88 Å². The number of rotatable bonds is 5. The maximum absolute atomic E-state index is 12.8. The van der Waals surface area contributed by atoms with Gasteiger partial charge in [0.1, 0.15) is 0 Å². The van der Waals surface area contributed by atoms with Gasteiger partial charge >= 0.3 is 0 Å². The standard InChI is InChI=1S/C16H19ClN2O3S3/c1-3-19(12-6-7-25(21,22)9-12)15(20)10(2)23-16-18-13-8-11(17)4-5-14(13)24-16/h4-5,8,10,12H,3,6-7,9H2,1-2H3/t10-,12+/m0/s1. The van der Waals surface area contributed by atoms with Crippen molar-refractivity contribution in [2.24, 2.45) is 0 Å². The largest absolute Gasteiger partial charge is 0.338 e. The highest BCUT2D eigenvalue weighted by atomic mass is 35.5. The molecule has 0 radical (unpaired) electrons. The number of hydrogen-bond donors (Lipinski definition) is 0. The molecule has 0 saturated carbocycles. The lowest BCUT2D eigenvalue weighted by atomic mass is 10.2. The van der Waals surface area contributed by atoms with Crippen LogP contribution in [0.2, 0.25) is 5.02 Å². The fraction of sp³-hybridized carbons (Fsp3) is 0.500. The molecule has 2 aromatic rings. The van der Waals surface area contributed by atoms with Gasteiger partial charge in [-0.3, -0.25) is 4.79 Å². The first kappa shape index (κ1) is 18.9. The van der Waals surface area contributed by atoms with E-state index in [2.05, 4.69) is 4.98 Å². The van der Waals surface area contributed by atoms with Gasteiger partial charge in [-0.15, -0.1) is 11.3 Å². The molecule has 3 rings (SSSR count). The molecule has 136 valence electrons. The topological polar surface area (TPSA) is 67.3 Å². The Hall–Kier alpha value is -0.830. The number of thioether (sulfide) groups is 1. The number of benzene rings is 1. The van der Waals surface area contributed by atoms with Crippen LogP contribution in [0.25, 0.3) is 10.2 Å². The Morgan fingerprint density at radius 2 is 2.28 bits per heavy atom. The zero-order valence-corrected chi connectivity index (χ0v) is 17.1. The molecular formula is C16H19ClN2O3S3. The Bertz CT molecular complexity index is 897. The highest BCUT2D eigenvalue weighted by Crippen LogP contribution is 2.34. The first-order valence-corrected chi connectivity index (χ1v) is 11.9. The zero-order valence-electron chi connectivity index (χ0n) is 13.9. The third-order valence-corrected chi connectivity index (χ3v) is 8.43. The summed E-state index contributed by atoms with van der Waals surface area (Å²) in [5.74, 6) is 0.206. The molecule has 2 heterocycles. The summed E-state index contributed by atoms with van der Waals surface area (Å²) in [6.07, 6.45) is 0.527. The van der Waals surface area contributed by atoms with Crippen LogP contribution in [0.5, 0.6) is 0 Å². The van der Waals surface area contributed by atoms with Crippen LogP contribution in [-0.2, 0) is 14.6 Å². The molecule has 25 heavy (non-hydrogen) atoms. The fourth-order valence-electron chi connectivity index (χ4n) is 2.98. The highest BCUT2D eigenvalue weighted by Gasteiger charge is 2.35. The molecule has 5 nitrogen and oxygen atoms in total. The van der Waals surface area contributed by atoms with Crippen LogP contribution in [0.15, 0.2) is 22.5 Å². The van der Waals surface area contributed by atoms with E-state index in [1.165, 1.54) is 23.1 Å². The Morgan fingerprint density at radius 3 is 2.92 bits per heavy atom. The molecule has 1 aliphatic heterocycles. The number of hydrogen-bond acceptors (Lipinski definition) is 6. The van der Waals surface area contributed by atoms with Gasteiger partial charge in [-0.05, 0) is 38.5 Å². The van der Waals surface area contributed by atoms with E-state index in [9.17, 15) is 13.2 Å². The van der Waals surface area contributed by atoms with Gasteiger partial charge in [-0.2, -0.15) is 0 Å². The van der Waals surface area contributed by atoms with Crippen LogP contribution in [0.3, 0.4) is 0 Å². The van der Waals surface area contributed by atoms with Crippen molar-refractivity contribution < 1.29 is 13.2 Å². The molecular weight excluding hydrogens is 400 g/mol. The third kappa shape index (κ3) is 4.30. The monoisotopic (exact) mass is 418 g/mol. The van der Waals surface area contributed by atoms with E-state index in [1.54, 1.807) is 4.90 Å². The van der Waals surface area contributed by atoms with Gasteiger partial charge in [0.15, 0.2) is 14.2 Å². The summed E-state index contributed by atoms with van der Waals surface area (Å²) in [6.45, 7) is 4.25. The Morgan fingerprint density at radius 1 is 1.52 bits per heavy atom. The summed E-state index contributed by atoms with van der Waals surface area (Å²) >= 11 is 8.93. The van der Waals surface area contributed by atoms with Crippen molar-refractivity contribution in [1.29, 1.82) is 0 Å². The van der Waals surface area contributed by atoms with E-state index in [0.717, 1.165) is 14.6 Å². The van der Waals surface area contributed by atoms with Crippen LogP contribution in [0, 0.1) is 0 Å². The molecule has 0 aliphatic carbocycles. The van der Waals surface area contributed by atoms with Gasteiger partial charge < -0.3 is 4.90 Å². The van der Waals surface area contributed by atoms with Gasteiger partial charge in [0, 0.05) is 17.6 Å². The number of aromatic nitrogens is 1. The van der Waals surface area contributed by atoms with Gasteiger partial charge in [0.2, 0.25) is 5.91 Å². The number of amides is 1. The Labute approximate surface area is 160 Å². The lowest BCUT2D eigenvalue weighted by Gasteiger charge is -2.29. The van der Waals surface area contributed by atoms with E-state index in [4.69, 9.17) is 11.6 Å². The van der Waals surface area contributed by atoms with Gasteiger partial charge in [-0.25, -0.2) is 13.4 Å². The van der Waals surface area contributed by atoms with Crippen molar-refractivity contribution in [2.45, 2.75) is 35.9 Å². The number of thiazole rings is 1. The molecule has 0 spiro atoms. The van der Waals surface area contributed by atoms with Crippen molar-refractivity contribution >= 4 is 60.7 Å². The smallest absolute Gasteiger partial charge is 0.236 e. The minimum Gasteiger partial charge on any atom is -0.338 e. The average molecular weight is 419 g/mol. The fourth-order valence-corrected chi connectivity index (χ4v) is 7.14.